The van der Waals surface area contributed by atoms with E-state index in [1.54, 1.807) is 6.92 Å². The molecule has 152 valence electrons. The highest BCUT2D eigenvalue weighted by atomic mass is 16.5. The second-order valence-electron chi connectivity index (χ2n) is 7.21. The minimum Gasteiger partial charge on any atom is -0.462 e. The molecule has 0 bridgehead atoms. The highest BCUT2D eigenvalue weighted by Gasteiger charge is 2.01. The lowest BCUT2D eigenvalue weighted by Gasteiger charge is -2.04. The summed E-state index contributed by atoms with van der Waals surface area (Å²) in [6.45, 7) is 13.8. The van der Waals surface area contributed by atoms with Crippen molar-refractivity contribution in [2.75, 3.05) is 6.61 Å². The number of hydrogen-bond donors (Lipinski definition) is 0. The van der Waals surface area contributed by atoms with E-state index in [1.165, 1.54) is 68.9 Å². The van der Waals surface area contributed by atoms with Crippen molar-refractivity contribution in [3.8, 4) is 0 Å². The van der Waals surface area contributed by atoms with Crippen molar-refractivity contribution in [1.29, 1.82) is 0 Å². The minimum atomic E-state index is -0.258. The summed E-state index contributed by atoms with van der Waals surface area (Å²) in [5, 5.41) is 0. The normalized spacial score (nSPS) is 9.89. The van der Waals surface area contributed by atoms with Crippen LogP contribution in [-0.2, 0) is 9.53 Å². The Morgan fingerprint density at radius 2 is 1.41 bits per heavy atom. The van der Waals surface area contributed by atoms with Gasteiger partial charge in [-0.15, -0.1) is 0 Å². The van der Waals surface area contributed by atoms with E-state index in [9.17, 15) is 4.79 Å². The molecule has 0 atom stereocenters. The van der Waals surface area contributed by atoms with Crippen LogP contribution in [0.15, 0.2) is 43.0 Å². The molecule has 0 amide bonds. The van der Waals surface area contributed by atoms with Crippen LogP contribution in [0.5, 0.6) is 0 Å². The predicted molar refractivity (Wildman–Crippen MR) is 119 cm³/mol. The maximum atomic E-state index is 11.1. The van der Waals surface area contributed by atoms with Gasteiger partial charge in [-0.05, 0) is 25.8 Å². The first-order valence-electron chi connectivity index (χ1n) is 10.5. The van der Waals surface area contributed by atoms with Crippen molar-refractivity contribution < 1.29 is 9.53 Å². The van der Waals surface area contributed by atoms with Crippen molar-refractivity contribution in [2.45, 2.75) is 85.0 Å². The van der Waals surface area contributed by atoms with Crippen LogP contribution in [0.1, 0.15) is 89.2 Å². The van der Waals surface area contributed by atoms with Crippen LogP contribution in [0.25, 0.3) is 6.08 Å². The molecule has 1 aromatic carbocycles. The van der Waals surface area contributed by atoms with Crippen LogP contribution >= 0.6 is 0 Å². The fraction of sp³-hybridized carbons (Fsp3) is 0.560. The Morgan fingerprint density at radius 3 is 1.85 bits per heavy atom. The number of carbonyl (C=O) groups is 1. The van der Waals surface area contributed by atoms with Gasteiger partial charge in [0.1, 0.15) is 0 Å². The SMILES string of the molecule is C=C(C)C(=O)OCCCCCCCCCCCC.C=Cc1ccc(C)cc1. The van der Waals surface area contributed by atoms with Crippen molar-refractivity contribution in [1.82, 2.24) is 0 Å². The number of unbranched alkanes of at least 4 members (excludes halogenated alkanes) is 9. The third-order valence-electron chi connectivity index (χ3n) is 4.39. The molecular weight excluding hydrogens is 332 g/mol. The van der Waals surface area contributed by atoms with E-state index >= 15 is 0 Å². The zero-order valence-electron chi connectivity index (χ0n) is 17.9. The summed E-state index contributed by atoms with van der Waals surface area (Å²) < 4.78 is 5.04. The van der Waals surface area contributed by atoms with Gasteiger partial charge in [-0.2, -0.15) is 0 Å². The number of esters is 1. The lowest BCUT2D eigenvalue weighted by atomic mass is 10.1. The third kappa shape index (κ3) is 16.1. The molecule has 0 fully saturated rings. The molecule has 0 aliphatic rings. The summed E-state index contributed by atoms with van der Waals surface area (Å²) in [4.78, 5) is 11.1. The highest BCUT2D eigenvalue weighted by Crippen LogP contribution is 2.10. The number of carbonyl (C=O) groups excluding carboxylic acids is 1. The summed E-state index contributed by atoms with van der Waals surface area (Å²) in [5.41, 5.74) is 2.96. The maximum absolute atomic E-state index is 11.1. The van der Waals surface area contributed by atoms with E-state index in [4.69, 9.17) is 4.74 Å². The topological polar surface area (TPSA) is 26.3 Å². The van der Waals surface area contributed by atoms with Gasteiger partial charge < -0.3 is 4.74 Å². The number of rotatable bonds is 13. The molecule has 0 spiro atoms. The van der Waals surface area contributed by atoms with Crippen LogP contribution in [0.2, 0.25) is 0 Å². The van der Waals surface area contributed by atoms with Gasteiger partial charge in [-0.25, -0.2) is 4.79 Å². The third-order valence-corrected chi connectivity index (χ3v) is 4.39. The second kappa shape index (κ2) is 17.6. The Kier molecular flexibility index (Phi) is 16.4. The van der Waals surface area contributed by atoms with Gasteiger partial charge >= 0.3 is 5.97 Å². The summed E-state index contributed by atoms with van der Waals surface area (Å²) >= 11 is 0. The number of benzene rings is 1. The van der Waals surface area contributed by atoms with Gasteiger partial charge in [0.2, 0.25) is 0 Å². The quantitative estimate of drug-likeness (QED) is 0.202. The first-order chi connectivity index (χ1) is 13.0. The zero-order valence-corrected chi connectivity index (χ0v) is 17.9. The van der Waals surface area contributed by atoms with Gasteiger partial charge in [-0.3, -0.25) is 0 Å². The molecule has 0 aromatic heterocycles. The van der Waals surface area contributed by atoms with Crippen LogP contribution in [0, 0.1) is 6.92 Å². The van der Waals surface area contributed by atoms with Crippen LogP contribution in [-0.4, -0.2) is 12.6 Å². The molecular formula is C25H40O2. The van der Waals surface area contributed by atoms with Crippen molar-refractivity contribution >= 4 is 12.0 Å². The van der Waals surface area contributed by atoms with Gasteiger partial charge in [0, 0.05) is 5.57 Å². The molecule has 0 unspecified atom stereocenters. The largest absolute Gasteiger partial charge is 0.462 e. The molecule has 27 heavy (non-hydrogen) atoms. The van der Waals surface area contributed by atoms with E-state index in [1.807, 2.05) is 6.08 Å². The molecule has 0 heterocycles. The molecule has 0 aliphatic heterocycles. The van der Waals surface area contributed by atoms with Crippen molar-refractivity contribution in [2.24, 2.45) is 0 Å². The fourth-order valence-corrected chi connectivity index (χ4v) is 2.58. The highest BCUT2D eigenvalue weighted by molar-refractivity contribution is 5.86. The Labute approximate surface area is 167 Å². The average molecular weight is 373 g/mol. The molecule has 0 saturated carbocycles. The van der Waals surface area contributed by atoms with Gasteiger partial charge in [0.25, 0.3) is 0 Å². The Hall–Kier alpha value is -1.83. The van der Waals surface area contributed by atoms with E-state index in [0.717, 1.165) is 6.42 Å². The van der Waals surface area contributed by atoms with Crippen LogP contribution in [0.4, 0.5) is 0 Å². The molecule has 0 saturated heterocycles. The fourth-order valence-electron chi connectivity index (χ4n) is 2.58. The molecule has 0 aliphatic carbocycles. The molecule has 2 nitrogen and oxygen atoms in total. The molecule has 1 rings (SSSR count). The first-order valence-corrected chi connectivity index (χ1v) is 10.5. The van der Waals surface area contributed by atoms with Crippen molar-refractivity contribution in [3.05, 3.63) is 54.1 Å². The number of aryl methyl sites for hydroxylation is 1. The van der Waals surface area contributed by atoms with E-state index in [2.05, 4.69) is 51.3 Å². The van der Waals surface area contributed by atoms with Gasteiger partial charge in [0.15, 0.2) is 0 Å². The Bertz CT molecular complexity index is 514. The lowest BCUT2D eigenvalue weighted by Crippen LogP contribution is -2.05. The minimum absolute atomic E-state index is 0.258. The lowest BCUT2D eigenvalue weighted by molar-refractivity contribution is -0.139. The average Bonchev–Trinajstić information content (AvgIpc) is 2.67. The van der Waals surface area contributed by atoms with Gasteiger partial charge in [-0.1, -0.05) is 114 Å². The van der Waals surface area contributed by atoms with E-state index in [-0.39, 0.29) is 5.97 Å². The molecule has 0 radical (unpaired) electrons. The van der Waals surface area contributed by atoms with Gasteiger partial charge in [0.05, 0.1) is 6.61 Å². The standard InChI is InChI=1S/C16H30O2.C9H10/c1-4-5-6-7-8-9-10-11-12-13-14-18-16(17)15(2)3;1-3-9-6-4-8(2)5-7-9/h2,4-14H2,1,3H3;3-7H,1H2,2H3. The maximum Gasteiger partial charge on any atom is 0.333 e. The zero-order chi connectivity index (χ0) is 20.3. The smallest absolute Gasteiger partial charge is 0.333 e. The summed E-state index contributed by atoms with van der Waals surface area (Å²) in [6, 6.07) is 8.28. The predicted octanol–water partition coefficient (Wildman–Crippen LogP) is 7.66. The Morgan fingerprint density at radius 1 is 0.926 bits per heavy atom. The molecule has 0 N–H and O–H groups in total. The van der Waals surface area contributed by atoms with Crippen molar-refractivity contribution in [3.63, 3.8) is 0 Å². The Balaban J connectivity index is 0.000000621. The second-order valence-corrected chi connectivity index (χ2v) is 7.21. The summed E-state index contributed by atoms with van der Waals surface area (Å²) in [6.07, 6.45) is 14.8. The van der Waals surface area contributed by atoms with Crippen LogP contribution in [0.3, 0.4) is 0 Å². The number of hydrogen-bond acceptors (Lipinski definition) is 2. The number of ether oxygens (including phenoxy) is 1. The molecule has 1 aromatic rings. The first kappa shape index (κ1) is 25.2. The summed E-state index contributed by atoms with van der Waals surface area (Å²) in [5.74, 6) is -0.258. The van der Waals surface area contributed by atoms with E-state index in [0.29, 0.717) is 12.2 Å². The molecule has 2 heteroatoms. The monoisotopic (exact) mass is 372 g/mol. The van der Waals surface area contributed by atoms with E-state index < -0.39 is 0 Å². The van der Waals surface area contributed by atoms with Crippen LogP contribution < -0.4 is 0 Å². The summed E-state index contributed by atoms with van der Waals surface area (Å²) in [7, 11) is 0.